The number of hydrogen-bond acceptors (Lipinski definition) is 1. The van der Waals surface area contributed by atoms with Crippen molar-refractivity contribution in [3.63, 3.8) is 0 Å². The Morgan fingerprint density at radius 3 is 1.67 bits per heavy atom. The zero-order valence-electron chi connectivity index (χ0n) is 25.2. The summed E-state index contributed by atoms with van der Waals surface area (Å²) < 4.78 is 2.28. The summed E-state index contributed by atoms with van der Waals surface area (Å²) in [5.41, 5.74) is 11.0. The fourth-order valence-electron chi connectivity index (χ4n) is 6.19. The van der Waals surface area contributed by atoms with E-state index in [2.05, 4.69) is 198 Å². The van der Waals surface area contributed by atoms with Crippen molar-refractivity contribution >= 4 is 51.0 Å². The molecule has 0 aliphatic heterocycles. The van der Waals surface area contributed by atoms with Crippen LogP contribution in [0.4, 0.5) is 17.1 Å². The van der Waals surface area contributed by atoms with Crippen molar-refractivity contribution in [3.05, 3.63) is 193 Å². The SMILES string of the molecule is c1c(N(c2ccc(/C=C/c3ccccc3)cc2)c2cccc(-c3ccccc3)c2)ccc(-n2c3ccccc3c3ccccc32)c#1. The topological polar surface area (TPSA) is 8.17 Å². The highest BCUT2D eigenvalue weighted by atomic mass is 15.1. The Kier molecular flexibility index (Phi) is 7.11. The molecule has 7 aromatic carbocycles. The Hall–Kier alpha value is -6.30. The maximum Gasteiger partial charge on any atom is 0.0975 e. The number of anilines is 3. The third-order valence-corrected chi connectivity index (χ3v) is 8.41. The van der Waals surface area contributed by atoms with Crippen LogP contribution in [0.3, 0.4) is 0 Å². The number of para-hydroxylation sites is 2. The number of hydrogen-bond donors (Lipinski definition) is 0. The molecule has 2 nitrogen and oxygen atoms in total. The minimum Gasteiger partial charge on any atom is -0.303 e. The van der Waals surface area contributed by atoms with Gasteiger partial charge in [0.15, 0.2) is 0 Å². The van der Waals surface area contributed by atoms with Gasteiger partial charge in [-0.3, -0.25) is 0 Å². The Labute approximate surface area is 269 Å². The van der Waals surface area contributed by atoms with Crippen LogP contribution in [0.15, 0.2) is 170 Å². The first-order valence-corrected chi connectivity index (χ1v) is 15.5. The van der Waals surface area contributed by atoms with Crippen LogP contribution < -0.4 is 4.90 Å². The molecule has 0 unspecified atom stereocenters. The third kappa shape index (κ3) is 5.21. The second-order valence-corrected chi connectivity index (χ2v) is 11.3. The number of rotatable bonds is 7. The van der Waals surface area contributed by atoms with Gasteiger partial charge in [0.25, 0.3) is 0 Å². The summed E-state index contributed by atoms with van der Waals surface area (Å²) in [6.45, 7) is 0. The van der Waals surface area contributed by atoms with Crippen LogP contribution >= 0.6 is 0 Å². The molecule has 0 radical (unpaired) electrons. The normalized spacial score (nSPS) is 11.2. The molecule has 2 heteroatoms. The first kappa shape index (κ1) is 27.3. The molecule has 0 aliphatic rings. The fourth-order valence-corrected chi connectivity index (χ4v) is 6.19. The Bertz CT molecular complexity index is 2220. The van der Waals surface area contributed by atoms with E-state index in [1.807, 2.05) is 6.07 Å². The van der Waals surface area contributed by atoms with Gasteiger partial charge in [-0.15, -0.1) is 0 Å². The van der Waals surface area contributed by atoms with Crippen molar-refractivity contribution < 1.29 is 0 Å². The van der Waals surface area contributed by atoms with E-state index in [4.69, 9.17) is 0 Å². The van der Waals surface area contributed by atoms with E-state index in [0.29, 0.717) is 0 Å². The lowest BCUT2D eigenvalue weighted by molar-refractivity contribution is 1.18. The molecule has 0 N–H and O–H groups in total. The largest absolute Gasteiger partial charge is 0.303 e. The first-order chi connectivity index (χ1) is 22.8. The summed E-state index contributed by atoms with van der Waals surface area (Å²) in [6.07, 6.45) is 4.30. The maximum absolute atomic E-state index is 3.54. The van der Waals surface area contributed by atoms with Gasteiger partial charge in [-0.25, -0.2) is 0 Å². The van der Waals surface area contributed by atoms with Crippen molar-refractivity contribution in [2.24, 2.45) is 0 Å². The van der Waals surface area contributed by atoms with Crippen molar-refractivity contribution in [2.75, 3.05) is 4.90 Å². The summed E-state index contributed by atoms with van der Waals surface area (Å²) in [7, 11) is 0. The molecule has 0 bridgehead atoms. The van der Waals surface area contributed by atoms with Crippen molar-refractivity contribution in [1.29, 1.82) is 0 Å². The average molecular weight is 587 g/mol. The number of benzene rings is 6. The summed E-state index contributed by atoms with van der Waals surface area (Å²) >= 11 is 0. The van der Waals surface area contributed by atoms with Crippen LogP contribution in [0.25, 0.3) is 50.8 Å². The van der Waals surface area contributed by atoms with Gasteiger partial charge in [0.2, 0.25) is 0 Å². The second kappa shape index (κ2) is 12.0. The van der Waals surface area contributed by atoms with Crippen molar-refractivity contribution in [3.8, 4) is 16.8 Å². The van der Waals surface area contributed by atoms with E-state index < -0.39 is 0 Å². The number of aromatic nitrogens is 1. The molecule has 0 amide bonds. The highest BCUT2D eigenvalue weighted by Gasteiger charge is 2.15. The smallest absolute Gasteiger partial charge is 0.0975 e. The molecule has 8 rings (SSSR count). The quantitative estimate of drug-likeness (QED) is 0.169. The van der Waals surface area contributed by atoms with Crippen LogP contribution in [0.1, 0.15) is 11.1 Å². The van der Waals surface area contributed by atoms with Gasteiger partial charge in [0.05, 0.1) is 22.4 Å². The average Bonchev–Trinajstić information content (AvgIpc) is 3.47. The molecule has 1 heterocycles. The third-order valence-electron chi connectivity index (χ3n) is 8.41. The second-order valence-electron chi connectivity index (χ2n) is 11.3. The van der Waals surface area contributed by atoms with Gasteiger partial charge in [0, 0.05) is 22.1 Å². The van der Waals surface area contributed by atoms with Crippen LogP contribution in [-0.2, 0) is 0 Å². The molecular formula is C44H30N2. The molecule has 216 valence electrons. The molecule has 1 aromatic heterocycles. The van der Waals surface area contributed by atoms with Gasteiger partial charge >= 0.3 is 0 Å². The highest BCUT2D eigenvalue weighted by molar-refractivity contribution is 6.09. The lowest BCUT2D eigenvalue weighted by atomic mass is 10.0. The van der Waals surface area contributed by atoms with Crippen LogP contribution in [0.2, 0.25) is 0 Å². The van der Waals surface area contributed by atoms with Gasteiger partial charge < -0.3 is 9.47 Å². The lowest BCUT2D eigenvalue weighted by Gasteiger charge is -2.25. The Morgan fingerprint density at radius 1 is 0.435 bits per heavy atom. The molecule has 46 heavy (non-hydrogen) atoms. The van der Waals surface area contributed by atoms with E-state index in [9.17, 15) is 0 Å². The van der Waals surface area contributed by atoms with Gasteiger partial charge in [-0.1, -0.05) is 133 Å². The van der Waals surface area contributed by atoms with E-state index in [1.54, 1.807) is 0 Å². The van der Waals surface area contributed by atoms with Gasteiger partial charge in [-0.05, 0) is 82.9 Å². The maximum atomic E-state index is 3.54. The predicted molar refractivity (Wildman–Crippen MR) is 194 cm³/mol. The van der Waals surface area contributed by atoms with E-state index in [1.165, 1.54) is 21.9 Å². The van der Waals surface area contributed by atoms with Crippen LogP contribution in [0.5, 0.6) is 0 Å². The van der Waals surface area contributed by atoms with Crippen LogP contribution in [-0.4, -0.2) is 4.57 Å². The highest BCUT2D eigenvalue weighted by Crippen LogP contribution is 2.37. The molecule has 0 aliphatic carbocycles. The zero-order chi connectivity index (χ0) is 30.7. The zero-order valence-corrected chi connectivity index (χ0v) is 25.2. The summed E-state index contributed by atoms with van der Waals surface area (Å²) in [5, 5.41) is 2.47. The standard InChI is InChI=1S/C44H30N2/c1-3-12-33(13-4-1)22-23-34-24-26-37(27-25-34)45(40-17-11-16-36(32-40)35-14-5-2-6-15-35)38-28-30-39(31-29-38)46-43-20-9-7-18-41(43)42-19-8-10-21-44(42)46/h1-28,30,32H/b23-22+. The number of nitrogens with zero attached hydrogens (tertiary/aromatic N) is 2. The van der Waals surface area contributed by atoms with Crippen molar-refractivity contribution in [2.45, 2.75) is 0 Å². The van der Waals surface area contributed by atoms with Crippen molar-refractivity contribution in [1.82, 2.24) is 4.57 Å². The van der Waals surface area contributed by atoms with E-state index in [-0.39, 0.29) is 0 Å². The minimum absolute atomic E-state index is 0.919. The van der Waals surface area contributed by atoms with Gasteiger partial charge in [0.1, 0.15) is 0 Å². The van der Waals surface area contributed by atoms with E-state index in [0.717, 1.165) is 44.9 Å². The Balaban J connectivity index is 1.21. The molecule has 0 fully saturated rings. The Morgan fingerprint density at radius 2 is 1.02 bits per heavy atom. The van der Waals surface area contributed by atoms with E-state index >= 15 is 0 Å². The summed E-state index contributed by atoms with van der Waals surface area (Å²) in [5.74, 6) is 0. The summed E-state index contributed by atoms with van der Waals surface area (Å²) in [4.78, 5) is 2.25. The first-order valence-electron chi connectivity index (χ1n) is 15.5. The molecular weight excluding hydrogens is 556 g/mol. The molecule has 0 spiro atoms. The summed E-state index contributed by atoms with van der Waals surface area (Å²) in [6, 6.07) is 66.7. The number of fused-ring (bicyclic) bond motifs is 3. The fraction of sp³-hybridized carbons (Fsp3) is 0. The van der Waals surface area contributed by atoms with Crippen LogP contribution in [0, 0.1) is 12.1 Å². The predicted octanol–water partition coefficient (Wildman–Crippen LogP) is 11.7. The minimum atomic E-state index is 0.919. The molecule has 0 saturated heterocycles. The van der Waals surface area contributed by atoms with Gasteiger partial charge in [-0.2, -0.15) is 0 Å². The molecule has 0 atom stereocenters. The molecule has 0 saturated carbocycles. The lowest BCUT2D eigenvalue weighted by Crippen LogP contribution is -2.09. The molecule has 8 aromatic rings. The monoisotopic (exact) mass is 586 g/mol.